The summed E-state index contributed by atoms with van der Waals surface area (Å²) < 4.78 is 11.2. The number of hydrogen-bond donors (Lipinski definition) is 1. The molecule has 0 bridgehead atoms. The van der Waals surface area contributed by atoms with Crippen LogP contribution in [0.5, 0.6) is 5.75 Å². The Morgan fingerprint density at radius 1 is 1.10 bits per heavy atom. The number of hydrogen-bond acceptors (Lipinski definition) is 4. The van der Waals surface area contributed by atoms with Crippen LogP contribution in [0, 0.1) is 0 Å². The molecule has 1 aromatic heterocycles. The molecule has 2 aromatic rings. The second kappa shape index (κ2) is 9.55. The molecule has 0 atom stereocenters. The third kappa shape index (κ3) is 6.29. The zero-order chi connectivity index (χ0) is 14.8. The Kier molecular flexibility index (Phi) is 7.29. The van der Waals surface area contributed by atoms with Crippen molar-refractivity contribution in [1.82, 2.24) is 5.32 Å². The Labute approximate surface area is 130 Å². The highest BCUT2D eigenvalue weighted by molar-refractivity contribution is 7.09. The van der Waals surface area contributed by atoms with E-state index in [1.165, 1.54) is 10.4 Å². The Morgan fingerprint density at radius 3 is 2.67 bits per heavy atom. The maximum absolute atomic E-state index is 5.66. The van der Waals surface area contributed by atoms with Crippen molar-refractivity contribution in [3.63, 3.8) is 0 Å². The van der Waals surface area contributed by atoms with Gasteiger partial charge in [0.25, 0.3) is 0 Å². The number of nitrogens with one attached hydrogen (secondary N) is 1. The molecule has 0 radical (unpaired) electrons. The molecule has 0 amide bonds. The van der Waals surface area contributed by atoms with E-state index in [9.17, 15) is 0 Å². The summed E-state index contributed by atoms with van der Waals surface area (Å²) in [7, 11) is 0. The molecule has 2 rings (SSSR count). The van der Waals surface area contributed by atoms with Crippen molar-refractivity contribution in [3.8, 4) is 5.75 Å². The lowest BCUT2D eigenvalue weighted by Crippen LogP contribution is -2.13. The van der Waals surface area contributed by atoms with Gasteiger partial charge in [0.2, 0.25) is 0 Å². The largest absolute Gasteiger partial charge is 0.491 e. The minimum Gasteiger partial charge on any atom is -0.491 e. The average molecular weight is 305 g/mol. The molecule has 0 aliphatic heterocycles. The van der Waals surface area contributed by atoms with Gasteiger partial charge in [-0.25, -0.2) is 0 Å². The average Bonchev–Trinajstić information content (AvgIpc) is 3.02. The predicted octanol–water partition coefficient (Wildman–Crippen LogP) is 3.84. The molecule has 0 aliphatic rings. The van der Waals surface area contributed by atoms with Crippen LogP contribution in [0.2, 0.25) is 0 Å². The maximum Gasteiger partial charge on any atom is 0.119 e. The van der Waals surface area contributed by atoms with Crippen LogP contribution in [0.1, 0.15) is 23.8 Å². The fourth-order valence-electron chi connectivity index (χ4n) is 1.90. The van der Waals surface area contributed by atoms with Gasteiger partial charge < -0.3 is 14.8 Å². The van der Waals surface area contributed by atoms with E-state index in [1.807, 2.05) is 18.2 Å². The lowest BCUT2D eigenvalue weighted by molar-refractivity contribution is 0.0905. The Bertz CT molecular complexity index is 482. The number of ether oxygens (including phenoxy) is 2. The van der Waals surface area contributed by atoms with Crippen molar-refractivity contribution < 1.29 is 9.47 Å². The molecule has 1 heterocycles. The molecule has 1 N–H and O–H groups in total. The zero-order valence-corrected chi connectivity index (χ0v) is 13.3. The highest BCUT2D eigenvalue weighted by Gasteiger charge is 1.97. The van der Waals surface area contributed by atoms with E-state index in [1.54, 1.807) is 11.3 Å². The summed E-state index contributed by atoms with van der Waals surface area (Å²) in [6.07, 6.45) is 1.16. The molecule has 0 saturated carbocycles. The van der Waals surface area contributed by atoms with E-state index in [0.29, 0.717) is 19.8 Å². The fourth-order valence-corrected chi connectivity index (χ4v) is 2.54. The van der Waals surface area contributed by atoms with E-state index >= 15 is 0 Å². The zero-order valence-electron chi connectivity index (χ0n) is 12.5. The molecule has 21 heavy (non-hydrogen) atoms. The third-order valence-electron chi connectivity index (χ3n) is 3.00. The smallest absolute Gasteiger partial charge is 0.119 e. The van der Waals surface area contributed by atoms with Gasteiger partial charge in [0.15, 0.2) is 0 Å². The summed E-state index contributed by atoms with van der Waals surface area (Å²) >= 11 is 1.72. The molecule has 1 aromatic carbocycles. The molecule has 0 aliphatic carbocycles. The molecule has 0 fully saturated rings. The highest BCUT2D eigenvalue weighted by Crippen LogP contribution is 2.12. The van der Waals surface area contributed by atoms with Crippen LogP contribution in [0.25, 0.3) is 0 Å². The summed E-state index contributed by atoms with van der Waals surface area (Å²) in [5, 5.41) is 5.45. The van der Waals surface area contributed by atoms with Gasteiger partial charge in [-0.05, 0) is 42.1 Å². The van der Waals surface area contributed by atoms with Crippen LogP contribution in [-0.4, -0.2) is 19.8 Å². The van der Waals surface area contributed by atoms with Gasteiger partial charge >= 0.3 is 0 Å². The normalized spacial score (nSPS) is 10.7. The first-order valence-corrected chi connectivity index (χ1v) is 8.29. The van der Waals surface area contributed by atoms with E-state index in [0.717, 1.165) is 25.3 Å². The van der Waals surface area contributed by atoms with E-state index in [-0.39, 0.29) is 0 Å². The molecule has 3 nitrogen and oxygen atoms in total. The second-order valence-corrected chi connectivity index (χ2v) is 5.83. The SMILES string of the molecule is CCCNCc1ccc(OCCOCc2cccs2)cc1. The molecular weight excluding hydrogens is 282 g/mol. The summed E-state index contributed by atoms with van der Waals surface area (Å²) in [6, 6.07) is 12.4. The van der Waals surface area contributed by atoms with Crippen molar-refractivity contribution in [2.24, 2.45) is 0 Å². The summed E-state index contributed by atoms with van der Waals surface area (Å²) in [5.74, 6) is 0.897. The van der Waals surface area contributed by atoms with Gasteiger partial charge in [-0.2, -0.15) is 0 Å². The summed E-state index contributed by atoms with van der Waals surface area (Å²) in [5.41, 5.74) is 1.28. The first-order chi connectivity index (χ1) is 10.4. The Balaban J connectivity index is 1.59. The predicted molar refractivity (Wildman–Crippen MR) is 87.9 cm³/mol. The Hall–Kier alpha value is -1.36. The van der Waals surface area contributed by atoms with Gasteiger partial charge in [0, 0.05) is 11.4 Å². The van der Waals surface area contributed by atoms with E-state index in [2.05, 4.69) is 35.8 Å². The maximum atomic E-state index is 5.66. The monoisotopic (exact) mass is 305 g/mol. The molecule has 4 heteroatoms. The van der Waals surface area contributed by atoms with E-state index < -0.39 is 0 Å². The van der Waals surface area contributed by atoms with Crippen LogP contribution in [-0.2, 0) is 17.9 Å². The van der Waals surface area contributed by atoms with Crippen LogP contribution in [0.15, 0.2) is 41.8 Å². The highest BCUT2D eigenvalue weighted by atomic mass is 32.1. The van der Waals surface area contributed by atoms with Gasteiger partial charge in [0.1, 0.15) is 12.4 Å². The quantitative estimate of drug-likeness (QED) is 0.676. The molecule has 114 valence electrons. The first-order valence-electron chi connectivity index (χ1n) is 7.41. The van der Waals surface area contributed by atoms with Gasteiger partial charge in [-0.15, -0.1) is 11.3 Å². The number of thiophene rings is 1. The molecule has 0 spiro atoms. The number of benzene rings is 1. The van der Waals surface area contributed by atoms with Crippen molar-refractivity contribution in [3.05, 3.63) is 52.2 Å². The first kappa shape index (κ1) is 16.0. The second-order valence-electron chi connectivity index (χ2n) is 4.80. The van der Waals surface area contributed by atoms with Gasteiger partial charge in [-0.3, -0.25) is 0 Å². The number of rotatable bonds is 10. The molecule has 0 saturated heterocycles. The van der Waals surface area contributed by atoms with Crippen LogP contribution < -0.4 is 10.1 Å². The van der Waals surface area contributed by atoms with Crippen LogP contribution >= 0.6 is 11.3 Å². The lowest BCUT2D eigenvalue weighted by Gasteiger charge is -2.08. The minimum absolute atomic E-state index is 0.582. The van der Waals surface area contributed by atoms with Crippen LogP contribution in [0.4, 0.5) is 0 Å². The van der Waals surface area contributed by atoms with Crippen molar-refractivity contribution in [1.29, 1.82) is 0 Å². The Morgan fingerprint density at radius 2 is 1.95 bits per heavy atom. The molecule has 0 unspecified atom stereocenters. The fraction of sp³-hybridized carbons (Fsp3) is 0.412. The molecular formula is C17H23NO2S. The summed E-state index contributed by atoms with van der Waals surface area (Å²) in [4.78, 5) is 1.25. The standard InChI is InChI=1S/C17H23NO2S/c1-2-9-18-13-15-5-7-16(8-6-15)20-11-10-19-14-17-4-3-12-21-17/h3-8,12,18H,2,9-11,13-14H2,1H3. The van der Waals surface area contributed by atoms with Gasteiger partial charge in [-0.1, -0.05) is 25.1 Å². The van der Waals surface area contributed by atoms with Gasteiger partial charge in [0.05, 0.1) is 13.2 Å². The third-order valence-corrected chi connectivity index (χ3v) is 3.85. The lowest BCUT2D eigenvalue weighted by atomic mass is 10.2. The minimum atomic E-state index is 0.582. The van der Waals surface area contributed by atoms with Crippen molar-refractivity contribution >= 4 is 11.3 Å². The summed E-state index contributed by atoms with van der Waals surface area (Å²) in [6.45, 7) is 6.00. The van der Waals surface area contributed by atoms with Crippen molar-refractivity contribution in [2.75, 3.05) is 19.8 Å². The van der Waals surface area contributed by atoms with E-state index in [4.69, 9.17) is 9.47 Å². The van der Waals surface area contributed by atoms with Crippen LogP contribution in [0.3, 0.4) is 0 Å². The topological polar surface area (TPSA) is 30.5 Å². The van der Waals surface area contributed by atoms with Crippen molar-refractivity contribution in [2.45, 2.75) is 26.5 Å².